The Morgan fingerprint density at radius 2 is 1.85 bits per heavy atom. The molecule has 0 saturated carbocycles. The molecule has 1 amide bonds. The number of carboxylic acids is 1. The van der Waals surface area contributed by atoms with Gasteiger partial charge in [0.05, 0.1) is 8.95 Å². The molecule has 27 heavy (non-hydrogen) atoms. The number of halogens is 2. The molecule has 5 nitrogen and oxygen atoms in total. The molecule has 0 fully saturated rings. The number of aliphatic carboxylic acids is 1. The van der Waals surface area contributed by atoms with Gasteiger partial charge in [0.2, 0.25) is 5.91 Å². The van der Waals surface area contributed by atoms with E-state index in [4.69, 9.17) is 9.84 Å². The van der Waals surface area contributed by atoms with E-state index in [9.17, 15) is 9.59 Å². The molecule has 2 N–H and O–H groups in total. The van der Waals surface area contributed by atoms with Crippen LogP contribution < -0.4 is 10.1 Å². The number of allylic oxidation sites excluding steroid dienone is 1. The highest BCUT2D eigenvalue weighted by atomic mass is 79.9. The maximum Gasteiger partial charge on any atom is 0.303 e. The Morgan fingerprint density at radius 3 is 2.48 bits per heavy atom. The first-order valence-electron chi connectivity index (χ1n) is 8.24. The Kier molecular flexibility index (Phi) is 8.06. The van der Waals surface area contributed by atoms with Crippen LogP contribution in [0.25, 0.3) is 0 Å². The smallest absolute Gasteiger partial charge is 0.303 e. The van der Waals surface area contributed by atoms with Crippen LogP contribution >= 0.6 is 31.9 Å². The molecule has 0 heterocycles. The zero-order valence-corrected chi connectivity index (χ0v) is 17.8. The molecule has 2 aromatic carbocycles. The summed E-state index contributed by atoms with van der Waals surface area (Å²) in [5.41, 5.74) is 2.50. The number of carbonyl (C=O) groups is 2. The number of hydrogen-bond acceptors (Lipinski definition) is 3. The summed E-state index contributed by atoms with van der Waals surface area (Å²) in [7, 11) is 0. The Bertz CT molecular complexity index is 842. The first-order chi connectivity index (χ1) is 12.9. The van der Waals surface area contributed by atoms with Gasteiger partial charge in [-0.2, -0.15) is 0 Å². The Hall–Kier alpha value is -2.12. The summed E-state index contributed by atoms with van der Waals surface area (Å²) >= 11 is 6.95. The normalized spacial score (nSPS) is 10.8. The van der Waals surface area contributed by atoms with Crippen LogP contribution in [0.4, 0.5) is 5.69 Å². The fraction of sp³-hybridized carbons (Fsp3) is 0.200. The van der Waals surface area contributed by atoms with Crippen molar-refractivity contribution in [3.63, 3.8) is 0 Å². The zero-order valence-electron chi connectivity index (χ0n) is 14.7. The summed E-state index contributed by atoms with van der Waals surface area (Å²) in [4.78, 5) is 22.4. The van der Waals surface area contributed by atoms with E-state index in [1.54, 1.807) is 13.0 Å². The number of amides is 1. The lowest BCUT2D eigenvalue weighted by Crippen LogP contribution is -2.08. The Labute approximate surface area is 174 Å². The van der Waals surface area contributed by atoms with Crippen LogP contribution in [0.5, 0.6) is 5.75 Å². The summed E-state index contributed by atoms with van der Waals surface area (Å²) in [6.07, 6.45) is 3.66. The largest absolute Gasteiger partial charge is 0.487 e. The average molecular weight is 497 g/mol. The Morgan fingerprint density at radius 1 is 1.15 bits per heavy atom. The summed E-state index contributed by atoms with van der Waals surface area (Å²) in [6, 6.07) is 11.1. The lowest BCUT2D eigenvalue weighted by Gasteiger charge is -2.13. The monoisotopic (exact) mass is 495 g/mol. The van der Waals surface area contributed by atoms with Gasteiger partial charge in [0.1, 0.15) is 12.4 Å². The molecular formula is C20H19Br2NO4. The number of aryl methyl sites for hydroxylation is 1. The first-order valence-corrected chi connectivity index (χ1v) is 9.82. The molecule has 0 saturated heterocycles. The molecule has 0 aliphatic carbocycles. The van der Waals surface area contributed by atoms with Crippen LogP contribution in [0.3, 0.4) is 0 Å². The predicted octanol–water partition coefficient (Wildman–Crippen LogP) is 5.32. The molecule has 0 aromatic heterocycles. The standard InChI is InChI=1S/C20H19Br2NO4/c1-2-4-18(24)23-15-6-3-5-14(9-15)12-27-20-16(21)10-13(11-17(20)22)7-8-19(25)26/h2-6,9-11H,7-8,12H2,1H3,(H,23,24)(H,25,26)/b4-2+. The number of ether oxygens (including phenoxy) is 1. The predicted molar refractivity (Wildman–Crippen MR) is 112 cm³/mol. The van der Waals surface area contributed by atoms with Crippen molar-refractivity contribution in [1.82, 2.24) is 0 Å². The molecule has 2 aromatic rings. The number of carboxylic acid groups (broad SMARTS) is 1. The summed E-state index contributed by atoms with van der Waals surface area (Å²) in [5.74, 6) is -0.376. The number of anilines is 1. The van der Waals surface area contributed by atoms with Gasteiger partial charge in [-0.25, -0.2) is 0 Å². The minimum absolute atomic E-state index is 0.0742. The average Bonchev–Trinajstić information content (AvgIpc) is 2.59. The zero-order chi connectivity index (χ0) is 19.8. The van der Waals surface area contributed by atoms with E-state index in [2.05, 4.69) is 37.2 Å². The molecule has 0 aliphatic rings. The van der Waals surface area contributed by atoms with Crippen molar-refractivity contribution in [3.05, 3.63) is 68.6 Å². The number of hydrogen-bond donors (Lipinski definition) is 2. The maximum absolute atomic E-state index is 11.6. The lowest BCUT2D eigenvalue weighted by atomic mass is 10.1. The van der Waals surface area contributed by atoms with Crippen molar-refractivity contribution >= 4 is 49.4 Å². The van der Waals surface area contributed by atoms with Crippen LogP contribution in [0, 0.1) is 0 Å². The maximum atomic E-state index is 11.6. The van der Waals surface area contributed by atoms with E-state index >= 15 is 0 Å². The molecule has 0 radical (unpaired) electrons. The van der Waals surface area contributed by atoms with Gasteiger partial charge >= 0.3 is 5.97 Å². The molecule has 0 spiro atoms. The third kappa shape index (κ3) is 6.84. The number of benzene rings is 2. The van der Waals surface area contributed by atoms with Gasteiger partial charge in [-0.1, -0.05) is 18.2 Å². The third-order valence-electron chi connectivity index (χ3n) is 3.58. The quantitative estimate of drug-likeness (QED) is 0.485. The second kappa shape index (κ2) is 10.3. The minimum Gasteiger partial charge on any atom is -0.487 e. The van der Waals surface area contributed by atoms with Crippen molar-refractivity contribution in [2.24, 2.45) is 0 Å². The summed E-state index contributed by atoms with van der Waals surface area (Å²) < 4.78 is 7.40. The van der Waals surface area contributed by atoms with Gasteiger partial charge in [0, 0.05) is 12.1 Å². The molecule has 0 atom stereocenters. The van der Waals surface area contributed by atoms with Gasteiger partial charge in [-0.05, 0) is 86.7 Å². The van der Waals surface area contributed by atoms with Gasteiger partial charge in [-0.15, -0.1) is 0 Å². The SMILES string of the molecule is C/C=C/C(=O)Nc1cccc(COc2c(Br)cc(CCC(=O)O)cc2Br)c1. The van der Waals surface area contributed by atoms with Crippen molar-refractivity contribution in [2.75, 3.05) is 5.32 Å². The molecule has 0 unspecified atom stereocenters. The molecule has 2 rings (SSSR count). The van der Waals surface area contributed by atoms with Crippen molar-refractivity contribution in [1.29, 1.82) is 0 Å². The summed E-state index contributed by atoms with van der Waals surface area (Å²) in [5, 5.41) is 11.6. The molecule has 0 bridgehead atoms. The molecule has 142 valence electrons. The summed E-state index contributed by atoms with van der Waals surface area (Å²) in [6.45, 7) is 2.10. The van der Waals surface area contributed by atoms with Crippen LogP contribution in [-0.4, -0.2) is 17.0 Å². The van der Waals surface area contributed by atoms with E-state index in [1.165, 1.54) is 6.08 Å². The van der Waals surface area contributed by atoms with Gasteiger partial charge in [0.25, 0.3) is 0 Å². The van der Waals surface area contributed by atoms with Crippen LogP contribution in [0.1, 0.15) is 24.5 Å². The van der Waals surface area contributed by atoms with Gasteiger partial charge in [0.15, 0.2) is 0 Å². The van der Waals surface area contributed by atoms with E-state index in [0.29, 0.717) is 24.5 Å². The molecular weight excluding hydrogens is 478 g/mol. The second-order valence-electron chi connectivity index (χ2n) is 5.76. The van der Waals surface area contributed by atoms with Crippen LogP contribution in [0.15, 0.2) is 57.5 Å². The number of nitrogens with one attached hydrogen (secondary N) is 1. The highest BCUT2D eigenvalue weighted by Gasteiger charge is 2.11. The van der Waals surface area contributed by atoms with Crippen molar-refractivity contribution in [3.8, 4) is 5.75 Å². The van der Waals surface area contributed by atoms with Crippen molar-refractivity contribution in [2.45, 2.75) is 26.4 Å². The van der Waals surface area contributed by atoms with E-state index in [1.807, 2.05) is 36.4 Å². The minimum atomic E-state index is -0.830. The fourth-order valence-electron chi connectivity index (χ4n) is 2.38. The number of rotatable bonds is 8. The second-order valence-corrected chi connectivity index (χ2v) is 7.47. The molecule has 7 heteroatoms. The topological polar surface area (TPSA) is 75.6 Å². The van der Waals surface area contributed by atoms with Crippen LogP contribution in [0.2, 0.25) is 0 Å². The Balaban J connectivity index is 2.06. The van der Waals surface area contributed by atoms with Crippen LogP contribution in [-0.2, 0) is 22.6 Å². The van der Waals surface area contributed by atoms with E-state index in [-0.39, 0.29) is 12.3 Å². The van der Waals surface area contributed by atoms with E-state index < -0.39 is 5.97 Å². The lowest BCUT2D eigenvalue weighted by molar-refractivity contribution is -0.137. The van der Waals surface area contributed by atoms with Crippen molar-refractivity contribution < 1.29 is 19.4 Å². The van der Waals surface area contributed by atoms with Gasteiger partial charge in [-0.3, -0.25) is 9.59 Å². The third-order valence-corrected chi connectivity index (χ3v) is 4.76. The fourth-order valence-corrected chi connectivity index (χ4v) is 3.89. The molecule has 0 aliphatic heterocycles. The first kappa shape index (κ1) is 21.2. The highest BCUT2D eigenvalue weighted by Crippen LogP contribution is 2.35. The van der Waals surface area contributed by atoms with E-state index in [0.717, 1.165) is 20.1 Å². The highest BCUT2D eigenvalue weighted by molar-refractivity contribution is 9.11. The number of carbonyl (C=O) groups excluding carboxylic acids is 1. The van der Waals surface area contributed by atoms with Gasteiger partial charge < -0.3 is 15.2 Å².